The first-order chi connectivity index (χ1) is 16.4. The van der Waals surface area contributed by atoms with Crippen LogP contribution in [0.4, 0.5) is 5.69 Å². The maximum atomic E-state index is 2.60. The summed E-state index contributed by atoms with van der Waals surface area (Å²) in [7, 11) is 0. The molecule has 1 aliphatic heterocycles. The van der Waals surface area contributed by atoms with Crippen LogP contribution >= 0.6 is 0 Å². The van der Waals surface area contributed by atoms with Crippen LogP contribution in [0.15, 0.2) is 42.7 Å². The molecule has 1 heterocycles. The molecule has 0 saturated carbocycles. The van der Waals surface area contributed by atoms with Gasteiger partial charge in [-0.3, -0.25) is 0 Å². The van der Waals surface area contributed by atoms with Gasteiger partial charge in [-0.1, -0.05) is 135 Å². The van der Waals surface area contributed by atoms with Crippen molar-refractivity contribution in [1.29, 1.82) is 0 Å². The van der Waals surface area contributed by atoms with Gasteiger partial charge in [-0.2, -0.15) is 0 Å². The molecule has 1 atom stereocenters. The number of hydrogen-bond acceptors (Lipinski definition) is 2. The molecule has 0 amide bonds. The Kier molecular flexibility index (Phi) is 15.9. The summed E-state index contributed by atoms with van der Waals surface area (Å²) in [4.78, 5) is 5.09. The minimum atomic E-state index is 0.505. The van der Waals surface area contributed by atoms with Crippen LogP contribution in [0.3, 0.4) is 0 Å². The first kappa shape index (κ1) is 27.8. The summed E-state index contributed by atoms with van der Waals surface area (Å²) in [5, 5.41) is 0. The van der Waals surface area contributed by atoms with Crippen molar-refractivity contribution in [3.63, 3.8) is 0 Å². The van der Waals surface area contributed by atoms with Crippen LogP contribution in [0, 0.1) is 0 Å². The highest BCUT2D eigenvalue weighted by Crippen LogP contribution is 2.28. The van der Waals surface area contributed by atoms with E-state index in [2.05, 4.69) is 66.4 Å². The summed E-state index contributed by atoms with van der Waals surface area (Å²) in [6.07, 6.45) is 31.9. The van der Waals surface area contributed by atoms with Crippen LogP contribution in [-0.4, -0.2) is 17.6 Å². The molecule has 33 heavy (non-hydrogen) atoms. The predicted octanol–water partition coefficient (Wildman–Crippen LogP) is 10.1. The van der Waals surface area contributed by atoms with Gasteiger partial charge in [0.2, 0.25) is 0 Å². The molecule has 0 fully saturated rings. The topological polar surface area (TPSA) is 6.48 Å². The summed E-state index contributed by atoms with van der Waals surface area (Å²) in [6.45, 7) is 5.80. The molecule has 0 aromatic heterocycles. The summed E-state index contributed by atoms with van der Waals surface area (Å²) in [6, 6.07) is 10.9. The first-order valence-electron chi connectivity index (χ1n) is 14.6. The van der Waals surface area contributed by atoms with Gasteiger partial charge in [0, 0.05) is 24.6 Å². The lowest BCUT2D eigenvalue weighted by Crippen LogP contribution is -2.39. The Morgan fingerprint density at radius 2 is 1.03 bits per heavy atom. The van der Waals surface area contributed by atoms with Crippen LogP contribution < -0.4 is 4.90 Å². The van der Waals surface area contributed by atoms with Crippen molar-refractivity contribution in [3.8, 4) is 0 Å². The highest BCUT2D eigenvalue weighted by atomic mass is 15.4. The zero-order chi connectivity index (χ0) is 23.4. The van der Waals surface area contributed by atoms with Gasteiger partial charge in [0.1, 0.15) is 6.17 Å². The Morgan fingerprint density at radius 1 is 0.545 bits per heavy atom. The van der Waals surface area contributed by atoms with Gasteiger partial charge >= 0.3 is 0 Å². The van der Waals surface area contributed by atoms with Gasteiger partial charge in [-0.05, 0) is 31.4 Å². The van der Waals surface area contributed by atoms with Gasteiger partial charge < -0.3 is 9.80 Å². The highest BCUT2D eigenvalue weighted by Gasteiger charge is 2.26. The Labute approximate surface area is 206 Å². The lowest BCUT2D eigenvalue weighted by Gasteiger charge is -2.33. The van der Waals surface area contributed by atoms with E-state index in [1.807, 2.05) is 0 Å². The molecule has 0 N–H and O–H groups in total. The molecule has 0 aliphatic carbocycles. The number of rotatable bonds is 21. The van der Waals surface area contributed by atoms with Crippen molar-refractivity contribution in [2.45, 2.75) is 142 Å². The lowest BCUT2D eigenvalue weighted by molar-refractivity contribution is 0.273. The van der Waals surface area contributed by atoms with E-state index in [1.54, 1.807) is 0 Å². The normalized spacial score (nSPS) is 15.6. The summed E-state index contributed by atoms with van der Waals surface area (Å²) in [5.41, 5.74) is 1.33. The summed E-state index contributed by atoms with van der Waals surface area (Å²) >= 11 is 0. The van der Waals surface area contributed by atoms with Gasteiger partial charge in [0.25, 0.3) is 0 Å². The molecule has 1 aliphatic rings. The highest BCUT2D eigenvalue weighted by molar-refractivity contribution is 5.51. The van der Waals surface area contributed by atoms with Crippen LogP contribution in [0.2, 0.25) is 0 Å². The number of benzene rings is 1. The quantitative estimate of drug-likeness (QED) is 0.170. The minimum Gasteiger partial charge on any atom is -0.356 e. The van der Waals surface area contributed by atoms with E-state index in [9.17, 15) is 0 Å². The Bertz CT molecular complexity index is 582. The molecule has 0 spiro atoms. The minimum absolute atomic E-state index is 0.505. The van der Waals surface area contributed by atoms with Crippen LogP contribution in [0.25, 0.3) is 0 Å². The molecule has 188 valence electrons. The monoisotopic (exact) mass is 454 g/mol. The fourth-order valence-electron chi connectivity index (χ4n) is 5.15. The number of hydrogen-bond donors (Lipinski definition) is 0. The lowest BCUT2D eigenvalue weighted by atomic mass is 10.0. The molecular weight excluding hydrogens is 400 g/mol. The first-order valence-corrected chi connectivity index (χ1v) is 14.6. The Balaban J connectivity index is 1.50. The second-order valence-electron chi connectivity index (χ2n) is 10.2. The molecule has 2 nitrogen and oxygen atoms in total. The van der Waals surface area contributed by atoms with Gasteiger partial charge in [0.05, 0.1) is 0 Å². The Morgan fingerprint density at radius 3 is 1.58 bits per heavy atom. The average molecular weight is 455 g/mol. The summed E-state index contributed by atoms with van der Waals surface area (Å²) < 4.78 is 0. The third-order valence-electron chi connectivity index (χ3n) is 7.26. The van der Waals surface area contributed by atoms with E-state index in [-0.39, 0.29) is 0 Å². The average Bonchev–Trinajstić information content (AvgIpc) is 3.25. The maximum absolute atomic E-state index is 2.60. The second kappa shape index (κ2) is 18.9. The van der Waals surface area contributed by atoms with Crippen LogP contribution in [-0.2, 0) is 0 Å². The van der Waals surface area contributed by atoms with Crippen molar-refractivity contribution in [2.75, 3.05) is 11.4 Å². The van der Waals surface area contributed by atoms with E-state index in [4.69, 9.17) is 0 Å². The molecule has 1 unspecified atom stereocenters. The third kappa shape index (κ3) is 12.0. The molecule has 2 rings (SSSR count). The van der Waals surface area contributed by atoms with Gasteiger partial charge in [-0.25, -0.2) is 0 Å². The van der Waals surface area contributed by atoms with E-state index in [0.29, 0.717) is 6.17 Å². The number of unbranched alkanes of at least 4 members (excludes halogenated alkanes) is 16. The fourth-order valence-corrected chi connectivity index (χ4v) is 5.15. The molecule has 1 aromatic carbocycles. The molecule has 2 heteroatoms. The number of anilines is 1. The van der Waals surface area contributed by atoms with Crippen LogP contribution in [0.1, 0.15) is 136 Å². The SMILES string of the molecule is CCCCCCCCCCCCCCCCCN1C=CN(c2ccccc2)C1CCCCC. The smallest absolute Gasteiger partial charge is 0.105 e. The number of nitrogens with zero attached hydrogens (tertiary/aromatic N) is 2. The zero-order valence-electron chi connectivity index (χ0n) is 22.2. The summed E-state index contributed by atoms with van der Waals surface area (Å²) in [5.74, 6) is 0. The molecule has 0 radical (unpaired) electrons. The Hall–Kier alpha value is -1.44. The van der Waals surface area contributed by atoms with E-state index >= 15 is 0 Å². The zero-order valence-corrected chi connectivity index (χ0v) is 22.2. The van der Waals surface area contributed by atoms with Crippen molar-refractivity contribution in [3.05, 3.63) is 42.7 Å². The largest absolute Gasteiger partial charge is 0.356 e. The van der Waals surface area contributed by atoms with E-state index in [0.717, 1.165) is 0 Å². The number of para-hydroxylation sites is 1. The van der Waals surface area contributed by atoms with Gasteiger partial charge in [-0.15, -0.1) is 0 Å². The van der Waals surface area contributed by atoms with E-state index < -0.39 is 0 Å². The molecule has 1 aromatic rings. The molecule has 0 bridgehead atoms. The van der Waals surface area contributed by atoms with Crippen LogP contribution in [0.5, 0.6) is 0 Å². The predicted molar refractivity (Wildman–Crippen MR) is 148 cm³/mol. The van der Waals surface area contributed by atoms with Gasteiger partial charge in [0.15, 0.2) is 0 Å². The maximum Gasteiger partial charge on any atom is 0.105 e. The van der Waals surface area contributed by atoms with Crippen molar-refractivity contribution < 1.29 is 0 Å². The molecule has 0 saturated heterocycles. The van der Waals surface area contributed by atoms with E-state index in [1.165, 1.54) is 134 Å². The molecular formula is C31H54N2. The van der Waals surface area contributed by atoms with Crippen molar-refractivity contribution >= 4 is 5.69 Å². The van der Waals surface area contributed by atoms with Crippen molar-refractivity contribution in [2.24, 2.45) is 0 Å². The third-order valence-corrected chi connectivity index (χ3v) is 7.26. The standard InChI is InChI=1S/C31H54N2/c1-3-5-7-8-9-10-11-12-13-14-15-16-17-18-23-27-32-28-29-33(30-24-21-19-22-25-30)31(32)26-20-6-4-2/h19,21-22,24-25,28-29,31H,3-18,20,23,26-27H2,1-2H3. The van der Waals surface area contributed by atoms with Crippen molar-refractivity contribution in [1.82, 2.24) is 4.90 Å². The fraction of sp³-hybridized carbons (Fsp3) is 0.742. The second-order valence-corrected chi connectivity index (χ2v) is 10.2.